The minimum Gasteiger partial charge on any atom is -0.497 e. The van der Waals surface area contributed by atoms with E-state index in [1.165, 1.54) is 33.6 Å². The highest BCUT2D eigenvalue weighted by Crippen LogP contribution is 2.33. The number of sulfonamides is 1. The zero-order valence-corrected chi connectivity index (χ0v) is 19.2. The first-order valence-corrected chi connectivity index (χ1v) is 11.3. The van der Waals surface area contributed by atoms with Crippen molar-refractivity contribution < 1.29 is 22.6 Å². The minimum absolute atomic E-state index is 0.202. The first kappa shape index (κ1) is 23.2. The van der Waals surface area contributed by atoms with Gasteiger partial charge < -0.3 is 24.8 Å². The van der Waals surface area contributed by atoms with Crippen molar-refractivity contribution in [2.75, 3.05) is 42.9 Å². The topological polar surface area (TPSA) is 137 Å². The Hall–Kier alpha value is -3.51. The van der Waals surface area contributed by atoms with Gasteiger partial charge in [0.25, 0.3) is 0 Å². The molecule has 2 aromatic heterocycles. The molecule has 0 spiro atoms. The van der Waals surface area contributed by atoms with Crippen LogP contribution in [0.3, 0.4) is 0 Å². The number of ether oxygens (including phenoxy) is 3. The number of nitrogens with one attached hydrogen (secondary N) is 3. The molecule has 2 heterocycles. The molecule has 170 valence electrons. The number of rotatable bonds is 9. The third-order valence-corrected chi connectivity index (χ3v) is 4.87. The number of hydrogen-bond donors (Lipinski definition) is 3. The van der Waals surface area contributed by atoms with E-state index in [1.54, 1.807) is 24.3 Å². The molecule has 0 aliphatic heterocycles. The molecular weight excluding hydrogens is 460 g/mol. The van der Waals surface area contributed by atoms with E-state index in [0.29, 0.717) is 23.0 Å². The van der Waals surface area contributed by atoms with Crippen LogP contribution < -0.4 is 29.6 Å². The largest absolute Gasteiger partial charge is 0.497 e. The average molecular weight is 481 g/mol. The summed E-state index contributed by atoms with van der Waals surface area (Å²) in [5, 5.41) is 6.24. The summed E-state index contributed by atoms with van der Waals surface area (Å²) in [4.78, 5) is 12.7. The summed E-state index contributed by atoms with van der Waals surface area (Å²) in [5.41, 5.74) is 1.17. The SMILES string of the molecule is COc1ccc(Nc2nc(Nc3ccc(OC)nc3OC)ncc2Cl)c(NS(C)(=O)=O)c1. The van der Waals surface area contributed by atoms with Crippen molar-refractivity contribution in [1.82, 2.24) is 15.0 Å². The van der Waals surface area contributed by atoms with Crippen LogP contribution in [0.2, 0.25) is 5.02 Å². The lowest BCUT2D eigenvalue weighted by molar-refractivity contribution is 0.366. The summed E-state index contributed by atoms with van der Waals surface area (Å²) < 4.78 is 41.5. The lowest BCUT2D eigenvalue weighted by Gasteiger charge is -2.15. The van der Waals surface area contributed by atoms with Gasteiger partial charge >= 0.3 is 0 Å². The molecule has 13 heteroatoms. The Morgan fingerprint density at radius 2 is 1.66 bits per heavy atom. The Kier molecular flexibility index (Phi) is 7.05. The summed E-state index contributed by atoms with van der Waals surface area (Å²) in [5.74, 6) is 1.58. The highest BCUT2D eigenvalue weighted by Gasteiger charge is 2.14. The number of nitrogens with zero attached hydrogens (tertiary/aromatic N) is 3. The van der Waals surface area contributed by atoms with Crippen molar-refractivity contribution in [2.24, 2.45) is 0 Å². The van der Waals surface area contributed by atoms with Crippen LogP contribution >= 0.6 is 11.6 Å². The minimum atomic E-state index is -3.54. The third-order valence-electron chi connectivity index (χ3n) is 4.00. The summed E-state index contributed by atoms with van der Waals surface area (Å²) >= 11 is 6.26. The van der Waals surface area contributed by atoms with Crippen molar-refractivity contribution in [3.8, 4) is 17.5 Å². The van der Waals surface area contributed by atoms with E-state index < -0.39 is 10.0 Å². The van der Waals surface area contributed by atoms with Gasteiger partial charge in [0.2, 0.25) is 27.7 Å². The van der Waals surface area contributed by atoms with Gasteiger partial charge in [0.05, 0.1) is 45.2 Å². The zero-order valence-electron chi connectivity index (χ0n) is 17.6. The average Bonchev–Trinajstić information content (AvgIpc) is 2.76. The molecule has 0 radical (unpaired) electrons. The molecule has 0 fully saturated rings. The molecule has 0 aliphatic rings. The van der Waals surface area contributed by atoms with Crippen LogP contribution in [-0.2, 0) is 10.0 Å². The monoisotopic (exact) mass is 480 g/mol. The second kappa shape index (κ2) is 9.75. The Labute approximate surface area is 190 Å². The van der Waals surface area contributed by atoms with Gasteiger partial charge in [0.1, 0.15) is 16.5 Å². The number of pyridine rings is 1. The van der Waals surface area contributed by atoms with Gasteiger partial charge in [-0.1, -0.05) is 11.6 Å². The molecule has 3 N–H and O–H groups in total. The fourth-order valence-electron chi connectivity index (χ4n) is 2.59. The molecule has 0 saturated heterocycles. The van der Waals surface area contributed by atoms with E-state index >= 15 is 0 Å². The molecule has 0 aliphatic carbocycles. The Morgan fingerprint density at radius 3 is 2.31 bits per heavy atom. The highest BCUT2D eigenvalue weighted by atomic mass is 35.5. The van der Waals surface area contributed by atoms with E-state index in [4.69, 9.17) is 25.8 Å². The molecule has 0 amide bonds. The first-order valence-electron chi connectivity index (χ1n) is 9.04. The number of halogens is 1. The van der Waals surface area contributed by atoms with Crippen molar-refractivity contribution in [3.63, 3.8) is 0 Å². The molecule has 0 saturated carbocycles. The van der Waals surface area contributed by atoms with Gasteiger partial charge in [0.15, 0.2) is 5.82 Å². The standard InChI is InChI=1S/C19H21ClN6O5S/c1-29-11-5-6-13(15(9-11)26-32(4,27)28)22-17-12(20)10-21-19(25-17)23-14-7-8-16(30-2)24-18(14)31-3/h5-10,26H,1-4H3,(H2,21,22,23,25). The molecule has 1 aromatic carbocycles. The van der Waals surface area contributed by atoms with Crippen LogP contribution in [0.15, 0.2) is 36.5 Å². The second-order valence-electron chi connectivity index (χ2n) is 6.34. The third kappa shape index (κ3) is 5.80. The molecule has 3 aromatic rings. The molecule has 11 nitrogen and oxygen atoms in total. The number of methoxy groups -OCH3 is 3. The van der Waals surface area contributed by atoms with Crippen LogP contribution in [0.4, 0.5) is 28.8 Å². The van der Waals surface area contributed by atoms with E-state index in [0.717, 1.165) is 6.26 Å². The van der Waals surface area contributed by atoms with E-state index in [1.807, 2.05) is 0 Å². The number of anilines is 5. The summed E-state index contributed by atoms with van der Waals surface area (Å²) in [6.07, 6.45) is 2.45. The Morgan fingerprint density at radius 1 is 0.906 bits per heavy atom. The predicted molar refractivity (Wildman–Crippen MR) is 122 cm³/mol. The molecule has 0 unspecified atom stereocenters. The zero-order chi connectivity index (χ0) is 23.3. The van der Waals surface area contributed by atoms with Crippen molar-refractivity contribution >= 4 is 50.5 Å². The van der Waals surface area contributed by atoms with Crippen molar-refractivity contribution in [2.45, 2.75) is 0 Å². The van der Waals surface area contributed by atoms with Crippen LogP contribution in [-0.4, -0.2) is 51.0 Å². The maximum absolute atomic E-state index is 11.8. The molecular formula is C19H21ClN6O5S. The van der Waals surface area contributed by atoms with E-state index in [2.05, 4.69) is 30.3 Å². The smallest absolute Gasteiger partial charge is 0.240 e. The molecule has 3 rings (SSSR count). The Balaban J connectivity index is 1.92. The van der Waals surface area contributed by atoms with Crippen molar-refractivity contribution in [3.05, 3.63) is 41.6 Å². The van der Waals surface area contributed by atoms with Crippen LogP contribution in [0.25, 0.3) is 0 Å². The van der Waals surface area contributed by atoms with Gasteiger partial charge in [-0.2, -0.15) is 9.97 Å². The number of hydrogen-bond acceptors (Lipinski definition) is 10. The first-order chi connectivity index (χ1) is 15.2. The maximum Gasteiger partial charge on any atom is 0.240 e. The van der Waals surface area contributed by atoms with Gasteiger partial charge in [-0.15, -0.1) is 0 Å². The predicted octanol–water partition coefficient (Wildman–Crippen LogP) is 3.41. The summed E-state index contributed by atoms with van der Waals surface area (Å²) in [6, 6.07) is 8.19. The number of aromatic nitrogens is 3. The lowest BCUT2D eigenvalue weighted by Crippen LogP contribution is -2.11. The maximum atomic E-state index is 11.8. The van der Waals surface area contributed by atoms with Crippen molar-refractivity contribution in [1.29, 1.82) is 0 Å². The van der Waals surface area contributed by atoms with Gasteiger partial charge in [-0.25, -0.2) is 13.4 Å². The summed E-state index contributed by atoms with van der Waals surface area (Å²) in [7, 11) is 0.912. The quantitative estimate of drug-likeness (QED) is 0.417. The van der Waals surface area contributed by atoms with Gasteiger partial charge in [-0.3, -0.25) is 4.72 Å². The van der Waals surface area contributed by atoms with Crippen LogP contribution in [0.5, 0.6) is 17.5 Å². The van der Waals surface area contributed by atoms with Crippen LogP contribution in [0, 0.1) is 0 Å². The lowest BCUT2D eigenvalue weighted by atomic mass is 10.2. The molecule has 0 atom stereocenters. The van der Waals surface area contributed by atoms with E-state index in [9.17, 15) is 8.42 Å². The van der Waals surface area contributed by atoms with Gasteiger partial charge in [0, 0.05) is 12.1 Å². The van der Waals surface area contributed by atoms with Crippen LogP contribution in [0.1, 0.15) is 0 Å². The number of benzene rings is 1. The fraction of sp³-hybridized carbons (Fsp3) is 0.211. The highest BCUT2D eigenvalue weighted by molar-refractivity contribution is 7.92. The molecule has 0 bridgehead atoms. The molecule has 32 heavy (non-hydrogen) atoms. The normalized spacial score (nSPS) is 10.9. The fourth-order valence-corrected chi connectivity index (χ4v) is 3.30. The van der Waals surface area contributed by atoms with Gasteiger partial charge in [-0.05, 0) is 18.2 Å². The van der Waals surface area contributed by atoms with E-state index in [-0.39, 0.29) is 28.4 Å². The summed E-state index contributed by atoms with van der Waals surface area (Å²) in [6.45, 7) is 0. The Bertz CT molecular complexity index is 1220. The second-order valence-corrected chi connectivity index (χ2v) is 8.49.